The molecule has 2 saturated heterocycles. The maximum absolute atomic E-state index is 13.9. The second-order valence-corrected chi connectivity index (χ2v) is 9.91. The molecule has 0 saturated carbocycles. The molecule has 2 amide bonds. The van der Waals surface area contributed by atoms with Crippen LogP contribution in [0.4, 0.5) is 0 Å². The molecule has 0 bridgehead atoms. The standard InChI is InChI=1S/C28H31N3O2/c32-27(19-8-2-1-3-9-19)30-17-15-25-20(18-30)10-7-16-31(25)28(33)23-13-6-12-22-21-11-4-5-14-24(21)29-26(22)23/h1-5,8-9,11,14,20,23,25,29H,6-7,10,12-13,15-18H2/t20-,23+,25+/m1/s1. The van der Waals surface area contributed by atoms with Crippen molar-refractivity contribution in [3.05, 3.63) is 71.4 Å². The lowest BCUT2D eigenvalue weighted by molar-refractivity contribution is -0.140. The Morgan fingerprint density at radius 2 is 1.70 bits per heavy atom. The first-order valence-electron chi connectivity index (χ1n) is 12.4. The smallest absolute Gasteiger partial charge is 0.253 e. The Hall–Kier alpha value is -3.08. The third kappa shape index (κ3) is 3.54. The Bertz CT molecular complexity index is 1180. The van der Waals surface area contributed by atoms with Gasteiger partial charge in [-0.3, -0.25) is 9.59 Å². The van der Waals surface area contributed by atoms with E-state index in [1.807, 2.05) is 35.2 Å². The average Bonchev–Trinajstić information content (AvgIpc) is 3.26. The molecule has 2 aliphatic heterocycles. The summed E-state index contributed by atoms with van der Waals surface area (Å²) < 4.78 is 0. The lowest BCUT2D eigenvalue weighted by Gasteiger charge is -2.48. The van der Waals surface area contributed by atoms with Gasteiger partial charge in [0.2, 0.25) is 5.91 Å². The topological polar surface area (TPSA) is 56.4 Å². The molecular formula is C28H31N3O2. The van der Waals surface area contributed by atoms with Gasteiger partial charge in [-0.2, -0.15) is 0 Å². The molecule has 6 rings (SSSR count). The number of aromatic nitrogens is 1. The summed E-state index contributed by atoms with van der Waals surface area (Å²) in [5.74, 6) is 0.714. The summed E-state index contributed by atoms with van der Waals surface area (Å²) in [6, 6.07) is 18.3. The Balaban J connectivity index is 1.22. The molecule has 5 heteroatoms. The number of amides is 2. The number of para-hydroxylation sites is 1. The summed E-state index contributed by atoms with van der Waals surface area (Å²) in [5, 5.41) is 1.27. The number of hydrogen-bond donors (Lipinski definition) is 1. The molecule has 170 valence electrons. The molecular weight excluding hydrogens is 410 g/mol. The molecule has 33 heavy (non-hydrogen) atoms. The van der Waals surface area contributed by atoms with Crippen LogP contribution in [0.15, 0.2) is 54.6 Å². The zero-order chi connectivity index (χ0) is 22.4. The van der Waals surface area contributed by atoms with Crippen LogP contribution < -0.4 is 0 Å². The van der Waals surface area contributed by atoms with E-state index in [0.29, 0.717) is 11.8 Å². The molecule has 3 heterocycles. The fourth-order valence-corrected chi connectivity index (χ4v) is 6.49. The van der Waals surface area contributed by atoms with E-state index < -0.39 is 0 Å². The van der Waals surface area contributed by atoms with Crippen LogP contribution in [0.2, 0.25) is 0 Å². The quantitative estimate of drug-likeness (QED) is 0.624. The van der Waals surface area contributed by atoms with Crippen LogP contribution in [0.25, 0.3) is 10.9 Å². The number of hydrogen-bond acceptors (Lipinski definition) is 2. The van der Waals surface area contributed by atoms with E-state index in [1.165, 1.54) is 10.9 Å². The highest BCUT2D eigenvalue weighted by Crippen LogP contribution is 2.39. The Kier molecular flexibility index (Phi) is 5.20. The fraction of sp³-hybridized carbons (Fsp3) is 0.429. The van der Waals surface area contributed by atoms with E-state index in [-0.39, 0.29) is 17.9 Å². The highest BCUT2D eigenvalue weighted by molar-refractivity contribution is 5.94. The van der Waals surface area contributed by atoms with E-state index in [0.717, 1.165) is 74.9 Å². The van der Waals surface area contributed by atoms with Crippen molar-refractivity contribution in [1.82, 2.24) is 14.8 Å². The van der Waals surface area contributed by atoms with Crippen molar-refractivity contribution in [2.24, 2.45) is 5.92 Å². The summed E-state index contributed by atoms with van der Waals surface area (Å²) in [6.07, 6.45) is 6.02. The zero-order valence-corrected chi connectivity index (χ0v) is 19.0. The normalized spacial score (nSPS) is 24.9. The molecule has 3 atom stereocenters. The fourth-order valence-electron chi connectivity index (χ4n) is 6.49. The molecule has 0 radical (unpaired) electrons. The monoisotopic (exact) mass is 441 g/mol. The first-order valence-corrected chi connectivity index (χ1v) is 12.4. The molecule has 3 aliphatic rings. The number of carbonyl (C=O) groups excluding carboxylic acids is 2. The minimum absolute atomic E-state index is 0.0659. The van der Waals surface area contributed by atoms with Gasteiger partial charge in [0, 0.05) is 47.8 Å². The third-order valence-corrected chi connectivity index (χ3v) is 8.07. The van der Waals surface area contributed by atoms with Gasteiger partial charge in [0.05, 0.1) is 5.92 Å². The number of nitrogens with zero attached hydrogens (tertiary/aromatic N) is 2. The maximum atomic E-state index is 13.9. The molecule has 1 aliphatic carbocycles. The van der Waals surface area contributed by atoms with Gasteiger partial charge in [-0.15, -0.1) is 0 Å². The SMILES string of the molecule is O=C(c1ccccc1)N1CC[C@H]2[C@H](CCCN2C(=O)[C@H]2CCCc3c2[nH]c2ccccc32)C1. The number of nitrogens with one attached hydrogen (secondary N) is 1. The van der Waals surface area contributed by atoms with Gasteiger partial charge in [-0.1, -0.05) is 36.4 Å². The van der Waals surface area contributed by atoms with Gasteiger partial charge in [0.25, 0.3) is 5.91 Å². The van der Waals surface area contributed by atoms with Crippen LogP contribution in [0.5, 0.6) is 0 Å². The number of piperidine rings is 2. The minimum Gasteiger partial charge on any atom is -0.357 e. The predicted octanol–water partition coefficient (Wildman–Crippen LogP) is 4.74. The van der Waals surface area contributed by atoms with Crippen molar-refractivity contribution >= 4 is 22.7 Å². The van der Waals surface area contributed by atoms with Crippen molar-refractivity contribution < 1.29 is 9.59 Å². The van der Waals surface area contributed by atoms with Gasteiger partial charge in [0.15, 0.2) is 0 Å². The number of fused-ring (bicyclic) bond motifs is 4. The first-order chi connectivity index (χ1) is 16.2. The molecule has 1 aromatic heterocycles. The molecule has 0 unspecified atom stereocenters. The summed E-state index contributed by atoms with van der Waals surface area (Å²) in [7, 11) is 0. The lowest BCUT2D eigenvalue weighted by atomic mass is 9.81. The van der Waals surface area contributed by atoms with Crippen molar-refractivity contribution in [2.75, 3.05) is 19.6 Å². The van der Waals surface area contributed by atoms with Crippen molar-refractivity contribution in [3.8, 4) is 0 Å². The molecule has 0 spiro atoms. The highest BCUT2D eigenvalue weighted by Gasteiger charge is 2.42. The van der Waals surface area contributed by atoms with Gasteiger partial charge < -0.3 is 14.8 Å². The number of rotatable bonds is 2. The van der Waals surface area contributed by atoms with Crippen molar-refractivity contribution in [1.29, 1.82) is 0 Å². The van der Waals surface area contributed by atoms with Gasteiger partial charge in [0.1, 0.15) is 0 Å². The third-order valence-electron chi connectivity index (χ3n) is 8.07. The largest absolute Gasteiger partial charge is 0.357 e. The maximum Gasteiger partial charge on any atom is 0.253 e. The average molecular weight is 442 g/mol. The first kappa shape index (κ1) is 20.5. The molecule has 2 aromatic carbocycles. The van der Waals surface area contributed by atoms with E-state index >= 15 is 0 Å². The number of H-pyrrole nitrogens is 1. The van der Waals surface area contributed by atoms with Crippen LogP contribution in [0.1, 0.15) is 59.6 Å². The van der Waals surface area contributed by atoms with Crippen molar-refractivity contribution in [2.45, 2.75) is 50.5 Å². The van der Waals surface area contributed by atoms with Gasteiger partial charge in [-0.25, -0.2) is 0 Å². The van der Waals surface area contributed by atoms with Crippen LogP contribution >= 0.6 is 0 Å². The summed E-state index contributed by atoms with van der Waals surface area (Å²) in [4.78, 5) is 34.7. The van der Waals surface area contributed by atoms with E-state index in [9.17, 15) is 9.59 Å². The lowest BCUT2D eigenvalue weighted by Crippen LogP contribution is -2.57. The summed E-state index contributed by atoms with van der Waals surface area (Å²) >= 11 is 0. The number of benzene rings is 2. The second kappa shape index (κ2) is 8.36. The van der Waals surface area contributed by atoms with Gasteiger partial charge in [-0.05, 0) is 68.2 Å². The molecule has 2 fully saturated rings. The van der Waals surface area contributed by atoms with E-state index in [1.54, 1.807) is 0 Å². The number of likely N-dealkylation sites (tertiary alicyclic amines) is 2. The van der Waals surface area contributed by atoms with Crippen LogP contribution in [-0.4, -0.2) is 52.3 Å². The summed E-state index contributed by atoms with van der Waals surface area (Å²) in [6.45, 7) is 2.32. The number of carbonyl (C=O) groups is 2. The number of aryl methyl sites for hydroxylation is 1. The highest BCUT2D eigenvalue weighted by atomic mass is 16.2. The molecule has 3 aromatic rings. The minimum atomic E-state index is -0.0659. The van der Waals surface area contributed by atoms with Crippen LogP contribution in [0.3, 0.4) is 0 Å². The Morgan fingerprint density at radius 1 is 0.879 bits per heavy atom. The van der Waals surface area contributed by atoms with Gasteiger partial charge >= 0.3 is 0 Å². The predicted molar refractivity (Wildman–Crippen MR) is 129 cm³/mol. The van der Waals surface area contributed by atoms with Crippen LogP contribution in [-0.2, 0) is 11.2 Å². The number of aromatic amines is 1. The second-order valence-electron chi connectivity index (χ2n) is 9.91. The van der Waals surface area contributed by atoms with E-state index in [2.05, 4.69) is 34.1 Å². The summed E-state index contributed by atoms with van der Waals surface area (Å²) in [5.41, 5.74) is 4.39. The Morgan fingerprint density at radius 3 is 2.58 bits per heavy atom. The van der Waals surface area contributed by atoms with Crippen molar-refractivity contribution in [3.63, 3.8) is 0 Å². The Labute approximate surface area is 194 Å². The van der Waals surface area contributed by atoms with E-state index in [4.69, 9.17) is 0 Å². The van der Waals surface area contributed by atoms with Crippen LogP contribution in [0, 0.1) is 5.92 Å². The zero-order valence-electron chi connectivity index (χ0n) is 19.0. The molecule has 5 nitrogen and oxygen atoms in total. The molecule has 1 N–H and O–H groups in total.